The second kappa shape index (κ2) is 4.58. The number of benzene rings is 1. The van der Waals surface area contributed by atoms with Crippen LogP contribution in [0, 0.1) is 6.92 Å². The van der Waals surface area contributed by atoms with Crippen LogP contribution in [-0.4, -0.2) is 11.1 Å². The van der Waals surface area contributed by atoms with E-state index in [2.05, 4.69) is 31.9 Å². The van der Waals surface area contributed by atoms with Crippen LogP contribution in [0.5, 0.6) is 0 Å². The summed E-state index contributed by atoms with van der Waals surface area (Å²) in [6.45, 7) is 1.87. The van der Waals surface area contributed by atoms with Crippen LogP contribution in [-0.2, 0) is 0 Å². The van der Waals surface area contributed by atoms with Crippen LogP contribution < -0.4 is 0 Å². The van der Waals surface area contributed by atoms with Crippen molar-refractivity contribution in [2.75, 3.05) is 5.33 Å². The van der Waals surface area contributed by atoms with E-state index in [0.29, 0.717) is 15.9 Å². The number of Topliss-reactive ketones (excluding diaryl/α,β-unsaturated/α-hetero) is 1. The van der Waals surface area contributed by atoms with Gasteiger partial charge in [-0.05, 0) is 24.6 Å². The molecule has 0 saturated carbocycles. The number of halogens is 3. The van der Waals surface area contributed by atoms with Crippen LogP contribution in [0.3, 0.4) is 0 Å². The van der Waals surface area contributed by atoms with Gasteiger partial charge >= 0.3 is 0 Å². The summed E-state index contributed by atoms with van der Waals surface area (Å²) in [7, 11) is 0. The lowest BCUT2D eigenvalue weighted by Gasteiger charge is -2.05. The van der Waals surface area contributed by atoms with Crippen LogP contribution in [0.25, 0.3) is 0 Å². The van der Waals surface area contributed by atoms with Gasteiger partial charge in [-0.3, -0.25) is 4.79 Å². The Morgan fingerprint density at radius 2 is 2.15 bits per heavy atom. The number of aryl methyl sites for hydroxylation is 1. The molecule has 1 aromatic carbocycles. The highest BCUT2D eigenvalue weighted by atomic mass is 79.9. The van der Waals surface area contributed by atoms with Gasteiger partial charge in [0.2, 0.25) is 0 Å². The van der Waals surface area contributed by atoms with Crippen molar-refractivity contribution in [1.29, 1.82) is 0 Å². The maximum atomic E-state index is 11.4. The predicted molar refractivity (Wildman–Crippen MR) is 62.0 cm³/mol. The number of alkyl halides is 1. The van der Waals surface area contributed by atoms with E-state index in [1.807, 2.05) is 13.0 Å². The summed E-state index contributed by atoms with van der Waals surface area (Å²) < 4.78 is 0.874. The Balaban J connectivity index is 3.28. The molecule has 0 saturated heterocycles. The lowest BCUT2D eigenvalue weighted by Crippen LogP contribution is -2.01. The van der Waals surface area contributed by atoms with Crippen LogP contribution >= 0.6 is 43.5 Å². The lowest BCUT2D eigenvalue weighted by atomic mass is 10.1. The first-order chi connectivity index (χ1) is 6.06. The Morgan fingerprint density at radius 3 is 2.69 bits per heavy atom. The monoisotopic (exact) mass is 324 g/mol. The number of hydrogen-bond acceptors (Lipinski definition) is 1. The Morgan fingerprint density at radius 1 is 1.54 bits per heavy atom. The molecule has 0 atom stereocenters. The van der Waals surface area contributed by atoms with Crippen LogP contribution in [0.4, 0.5) is 0 Å². The van der Waals surface area contributed by atoms with E-state index in [1.165, 1.54) is 0 Å². The third-order valence-corrected chi connectivity index (χ3v) is 3.11. The van der Waals surface area contributed by atoms with Gasteiger partial charge in [0.05, 0.1) is 10.4 Å². The molecule has 0 aliphatic carbocycles. The average molecular weight is 326 g/mol. The summed E-state index contributed by atoms with van der Waals surface area (Å²) in [6.07, 6.45) is 0. The molecular formula is C9H7Br2ClO. The Kier molecular flexibility index (Phi) is 3.95. The molecule has 4 heteroatoms. The van der Waals surface area contributed by atoms with E-state index in [4.69, 9.17) is 11.6 Å². The van der Waals surface area contributed by atoms with E-state index in [1.54, 1.807) is 6.07 Å². The van der Waals surface area contributed by atoms with Gasteiger partial charge in [0.15, 0.2) is 5.78 Å². The molecule has 1 aromatic rings. The number of hydrogen-bond donors (Lipinski definition) is 0. The Bertz CT molecular complexity index is 350. The quantitative estimate of drug-likeness (QED) is 0.593. The molecule has 0 radical (unpaired) electrons. The van der Waals surface area contributed by atoms with Crippen molar-refractivity contribution in [3.8, 4) is 0 Å². The van der Waals surface area contributed by atoms with E-state index in [9.17, 15) is 4.79 Å². The molecule has 0 N–H and O–H groups in total. The standard InChI is InChI=1S/C9H7Br2ClO/c1-5-2-6(11)3-7(9(5)12)8(13)4-10/h2-3H,4H2,1H3. The molecule has 0 spiro atoms. The van der Waals surface area contributed by atoms with Crippen molar-refractivity contribution in [2.45, 2.75) is 6.92 Å². The lowest BCUT2D eigenvalue weighted by molar-refractivity contribution is 0.102. The second-order valence-corrected chi connectivity index (χ2v) is 4.50. The number of carbonyl (C=O) groups is 1. The Hall–Kier alpha value is 0.140. The predicted octanol–water partition coefficient (Wildman–Crippen LogP) is 3.99. The molecule has 13 heavy (non-hydrogen) atoms. The summed E-state index contributed by atoms with van der Waals surface area (Å²) in [5.41, 5.74) is 1.46. The fourth-order valence-corrected chi connectivity index (χ4v) is 2.09. The number of carbonyl (C=O) groups excluding carboxylic acids is 1. The molecule has 0 aliphatic heterocycles. The SMILES string of the molecule is Cc1cc(Br)cc(C(=O)CBr)c1Cl. The Labute approximate surface area is 98.7 Å². The highest BCUT2D eigenvalue weighted by Gasteiger charge is 2.11. The summed E-state index contributed by atoms with van der Waals surface area (Å²) in [5.74, 6) is -0.00519. The minimum atomic E-state index is -0.00519. The molecular weight excluding hydrogens is 319 g/mol. The van der Waals surface area contributed by atoms with Gasteiger partial charge in [-0.1, -0.05) is 43.5 Å². The first-order valence-electron chi connectivity index (χ1n) is 3.61. The zero-order chi connectivity index (χ0) is 10.0. The molecule has 0 amide bonds. The molecule has 1 rings (SSSR count). The maximum absolute atomic E-state index is 11.4. The van der Waals surface area contributed by atoms with Gasteiger partial charge < -0.3 is 0 Å². The third-order valence-electron chi connectivity index (χ3n) is 1.64. The molecule has 0 unspecified atom stereocenters. The third kappa shape index (κ3) is 2.55. The van der Waals surface area contributed by atoms with Crippen LogP contribution in [0.2, 0.25) is 5.02 Å². The van der Waals surface area contributed by atoms with Gasteiger partial charge in [-0.2, -0.15) is 0 Å². The van der Waals surface area contributed by atoms with E-state index in [-0.39, 0.29) is 5.78 Å². The van der Waals surface area contributed by atoms with Gasteiger partial charge in [-0.25, -0.2) is 0 Å². The summed E-state index contributed by atoms with van der Waals surface area (Å²) in [6, 6.07) is 3.62. The van der Waals surface area contributed by atoms with Gasteiger partial charge in [-0.15, -0.1) is 0 Å². The first kappa shape index (κ1) is 11.2. The van der Waals surface area contributed by atoms with Gasteiger partial charge in [0.25, 0.3) is 0 Å². The average Bonchev–Trinajstić information content (AvgIpc) is 2.10. The van der Waals surface area contributed by atoms with E-state index >= 15 is 0 Å². The van der Waals surface area contributed by atoms with Crippen LogP contribution in [0.1, 0.15) is 15.9 Å². The largest absolute Gasteiger partial charge is 0.293 e. The van der Waals surface area contributed by atoms with Crippen molar-refractivity contribution >= 4 is 49.2 Å². The highest BCUT2D eigenvalue weighted by molar-refractivity contribution is 9.10. The maximum Gasteiger partial charge on any atom is 0.174 e. The zero-order valence-electron chi connectivity index (χ0n) is 6.90. The minimum Gasteiger partial charge on any atom is -0.293 e. The van der Waals surface area contributed by atoms with Gasteiger partial charge in [0.1, 0.15) is 0 Å². The topological polar surface area (TPSA) is 17.1 Å². The van der Waals surface area contributed by atoms with Crippen molar-refractivity contribution < 1.29 is 4.79 Å². The molecule has 0 fully saturated rings. The molecule has 0 heterocycles. The zero-order valence-corrected chi connectivity index (χ0v) is 10.8. The van der Waals surface area contributed by atoms with E-state index in [0.717, 1.165) is 10.0 Å². The van der Waals surface area contributed by atoms with E-state index < -0.39 is 0 Å². The number of ketones is 1. The minimum absolute atomic E-state index is 0.00519. The molecule has 0 aromatic heterocycles. The van der Waals surface area contributed by atoms with Crippen molar-refractivity contribution in [3.05, 3.63) is 32.8 Å². The van der Waals surface area contributed by atoms with Crippen molar-refractivity contribution in [3.63, 3.8) is 0 Å². The fraction of sp³-hybridized carbons (Fsp3) is 0.222. The first-order valence-corrected chi connectivity index (χ1v) is 5.90. The van der Waals surface area contributed by atoms with Crippen LogP contribution in [0.15, 0.2) is 16.6 Å². The van der Waals surface area contributed by atoms with Crippen molar-refractivity contribution in [2.24, 2.45) is 0 Å². The normalized spacial score (nSPS) is 10.2. The molecule has 70 valence electrons. The second-order valence-electron chi connectivity index (χ2n) is 2.64. The summed E-state index contributed by atoms with van der Waals surface area (Å²) in [4.78, 5) is 11.4. The van der Waals surface area contributed by atoms with Crippen molar-refractivity contribution in [1.82, 2.24) is 0 Å². The smallest absolute Gasteiger partial charge is 0.174 e. The fourth-order valence-electron chi connectivity index (χ4n) is 1.00. The van der Waals surface area contributed by atoms with Gasteiger partial charge in [0, 0.05) is 10.0 Å². The highest BCUT2D eigenvalue weighted by Crippen LogP contribution is 2.26. The summed E-state index contributed by atoms with van der Waals surface area (Å²) >= 11 is 12.4. The molecule has 1 nitrogen and oxygen atoms in total. The molecule has 0 bridgehead atoms. The molecule has 0 aliphatic rings. The number of rotatable bonds is 2. The summed E-state index contributed by atoms with van der Waals surface area (Å²) in [5, 5.41) is 0.829.